The van der Waals surface area contributed by atoms with Crippen LogP contribution < -0.4 is 10.1 Å². The maximum atomic E-state index is 12.3. The van der Waals surface area contributed by atoms with Crippen LogP contribution in [0.25, 0.3) is 21.8 Å². The van der Waals surface area contributed by atoms with Crippen molar-refractivity contribution in [2.24, 2.45) is 0 Å². The van der Waals surface area contributed by atoms with Crippen molar-refractivity contribution in [1.82, 2.24) is 4.57 Å². The van der Waals surface area contributed by atoms with Crippen LogP contribution in [0, 0.1) is 0 Å². The number of anilines is 1. The Morgan fingerprint density at radius 2 is 1.73 bits per heavy atom. The highest BCUT2D eigenvalue weighted by molar-refractivity contribution is 6.10. The molecule has 0 spiro atoms. The molecule has 152 valence electrons. The summed E-state index contributed by atoms with van der Waals surface area (Å²) in [5, 5.41) is 5.01. The van der Waals surface area contributed by atoms with E-state index in [1.54, 1.807) is 24.3 Å². The largest absolute Gasteiger partial charge is 0.497 e. The van der Waals surface area contributed by atoms with Gasteiger partial charge in [-0.1, -0.05) is 24.3 Å². The van der Waals surface area contributed by atoms with E-state index in [4.69, 9.17) is 9.47 Å². The first-order chi connectivity index (χ1) is 14.6. The highest BCUT2D eigenvalue weighted by atomic mass is 16.5. The Balaban J connectivity index is 1.48. The van der Waals surface area contributed by atoms with Crippen LogP contribution in [0.2, 0.25) is 0 Å². The van der Waals surface area contributed by atoms with Gasteiger partial charge in [0, 0.05) is 34.0 Å². The van der Waals surface area contributed by atoms with E-state index in [-0.39, 0.29) is 6.61 Å². The molecule has 1 N–H and O–H groups in total. The maximum absolute atomic E-state index is 12.3. The lowest BCUT2D eigenvalue weighted by atomic mass is 10.1. The number of carbonyl (C=O) groups excluding carboxylic acids is 2. The van der Waals surface area contributed by atoms with Gasteiger partial charge in [-0.2, -0.15) is 0 Å². The van der Waals surface area contributed by atoms with Crippen LogP contribution in [0.15, 0.2) is 66.7 Å². The predicted octanol–water partition coefficient (Wildman–Crippen LogP) is 4.62. The molecule has 0 radical (unpaired) electrons. The molecule has 0 bridgehead atoms. The minimum atomic E-state index is -0.578. The van der Waals surface area contributed by atoms with Crippen molar-refractivity contribution in [2.75, 3.05) is 19.0 Å². The van der Waals surface area contributed by atoms with Crippen LogP contribution >= 0.6 is 0 Å². The van der Waals surface area contributed by atoms with Gasteiger partial charge in [0.1, 0.15) is 5.75 Å². The molecule has 0 atom stereocenters. The van der Waals surface area contributed by atoms with Crippen LogP contribution in [0.4, 0.5) is 5.69 Å². The molecule has 0 saturated carbocycles. The first kappa shape index (κ1) is 19.5. The number of methoxy groups -OCH3 is 1. The molecule has 30 heavy (non-hydrogen) atoms. The van der Waals surface area contributed by atoms with E-state index in [0.29, 0.717) is 17.0 Å². The number of aryl methyl sites for hydroxylation is 1. The third kappa shape index (κ3) is 3.72. The number of fused-ring (bicyclic) bond motifs is 3. The summed E-state index contributed by atoms with van der Waals surface area (Å²) in [4.78, 5) is 24.5. The third-order valence-corrected chi connectivity index (χ3v) is 5.01. The lowest BCUT2D eigenvalue weighted by Gasteiger charge is -2.08. The highest BCUT2D eigenvalue weighted by Crippen LogP contribution is 2.30. The van der Waals surface area contributed by atoms with E-state index in [2.05, 4.69) is 28.9 Å². The quantitative estimate of drug-likeness (QED) is 0.478. The van der Waals surface area contributed by atoms with Gasteiger partial charge in [-0.05, 0) is 49.4 Å². The third-order valence-electron chi connectivity index (χ3n) is 5.01. The second-order valence-corrected chi connectivity index (χ2v) is 6.85. The lowest BCUT2D eigenvalue weighted by Crippen LogP contribution is -2.20. The molecule has 6 nitrogen and oxygen atoms in total. The molecule has 0 aliphatic carbocycles. The van der Waals surface area contributed by atoms with Gasteiger partial charge in [0.05, 0.1) is 12.7 Å². The summed E-state index contributed by atoms with van der Waals surface area (Å²) in [5.41, 5.74) is 3.26. The molecular formula is C24H22N2O4. The number of nitrogens with zero attached hydrogens (tertiary/aromatic N) is 1. The zero-order valence-electron chi connectivity index (χ0n) is 16.8. The van der Waals surface area contributed by atoms with Crippen LogP contribution in [0.5, 0.6) is 5.75 Å². The average molecular weight is 402 g/mol. The number of ether oxygens (including phenoxy) is 2. The number of esters is 1. The number of amides is 1. The molecule has 4 rings (SSSR count). The minimum absolute atomic E-state index is 0.330. The monoisotopic (exact) mass is 402 g/mol. The topological polar surface area (TPSA) is 69.6 Å². The summed E-state index contributed by atoms with van der Waals surface area (Å²) in [6, 6.07) is 20.6. The summed E-state index contributed by atoms with van der Waals surface area (Å²) in [5.74, 6) is -0.427. The summed E-state index contributed by atoms with van der Waals surface area (Å²) in [7, 11) is 1.52. The van der Waals surface area contributed by atoms with E-state index in [9.17, 15) is 9.59 Å². The molecule has 0 fully saturated rings. The van der Waals surface area contributed by atoms with Crippen LogP contribution in [0.3, 0.4) is 0 Å². The summed E-state index contributed by atoms with van der Waals surface area (Å²) < 4.78 is 12.5. The van der Waals surface area contributed by atoms with E-state index >= 15 is 0 Å². The SMILES string of the molecule is CCn1c2ccccc2c2cc(NC(=O)COC(=O)c3cccc(OC)c3)ccc21. The zero-order chi connectivity index (χ0) is 21.1. The number of para-hydroxylation sites is 1. The van der Waals surface area contributed by atoms with Gasteiger partial charge < -0.3 is 19.4 Å². The number of aromatic nitrogens is 1. The summed E-state index contributed by atoms with van der Waals surface area (Å²) >= 11 is 0. The molecule has 1 heterocycles. The van der Waals surface area contributed by atoms with E-state index < -0.39 is 11.9 Å². The summed E-state index contributed by atoms with van der Waals surface area (Å²) in [6.07, 6.45) is 0. The number of carbonyl (C=O) groups is 2. The molecule has 0 unspecified atom stereocenters. The number of hydrogen-bond donors (Lipinski definition) is 1. The zero-order valence-corrected chi connectivity index (χ0v) is 16.8. The van der Waals surface area contributed by atoms with E-state index in [0.717, 1.165) is 28.4 Å². The fourth-order valence-corrected chi connectivity index (χ4v) is 3.63. The van der Waals surface area contributed by atoms with Crippen LogP contribution in [0.1, 0.15) is 17.3 Å². The van der Waals surface area contributed by atoms with E-state index in [1.165, 1.54) is 7.11 Å². The molecule has 0 aliphatic rings. The Morgan fingerprint density at radius 1 is 0.933 bits per heavy atom. The number of nitrogens with one attached hydrogen (secondary N) is 1. The second kappa shape index (κ2) is 8.29. The van der Waals surface area contributed by atoms with Crippen molar-refractivity contribution >= 4 is 39.4 Å². The molecule has 0 aliphatic heterocycles. The van der Waals surface area contributed by atoms with Crippen LogP contribution in [-0.2, 0) is 16.1 Å². The first-order valence-corrected chi connectivity index (χ1v) is 9.72. The minimum Gasteiger partial charge on any atom is -0.497 e. The Hall–Kier alpha value is -3.80. The van der Waals surface area contributed by atoms with Gasteiger partial charge in [0.2, 0.25) is 0 Å². The molecular weight excluding hydrogens is 380 g/mol. The Morgan fingerprint density at radius 3 is 2.53 bits per heavy atom. The molecule has 1 amide bonds. The van der Waals surface area contributed by atoms with Gasteiger partial charge in [-0.25, -0.2) is 4.79 Å². The fourth-order valence-electron chi connectivity index (χ4n) is 3.63. The molecule has 6 heteroatoms. The van der Waals surface area contributed by atoms with Crippen LogP contribution in [-0.4, -0.2) is 30.2 Å². The van der Waals surface area contributed by atoms with Crippen molar-refractivity contribution in [3.63, 3.8) is 0 Å². The Labute approximate surface area is 174 Å². The van der Waals surface area contributed by atoms with Crippen molar-refractivity contribution in [3.05, 3.63) is 72.3 Å². The van der Waals surface area contributed by atoms with Gasteiger partial charge in [0.25, 0.3) is 5.91 Å². The standard InChI is InChI=1S/C24H22N2O4/c1-3-26-21-10-5-4-9-19(21)20-14-17(11-12-22(20)26)25-23(27)15-30-24(28)16-7-6-8-18(13-16)29-2/h4-14H,3,15H2,1-2H3,(H,25,27). The molecule has 3 aromatic carbocycles. The first-order valence-electron chi connectivity index (χ1n) is 9.72. The lowest BCUT2D eigenvalue weighted by molar-refractivity contribution is -0.119. The maximum Gasteiger partial charge on any atom is 0.338 e. The smallest absolute Gasteiger partial charge is 0.338 e. The van der Waals surface area contributed by atoms with Gasteiger partial charge in [-0.3, -0.25) is 4.79 Å². The van der Waals surface area contributed by atoms with Gasteiger partial charge in [0.15, 0.2) is 6.61 Å². The molecule has 1 aromatic heterocycles. The van der Waals surface area contributed by atoms with Crippen molar-refractivity contribution in [1.29, 1.82) is 0 Å². The number of hydrogen-bond acceptors (Lipinski definition) is 4. The van der Waals surface area contributed by atoms with Crippen molar-refractivity contribution < 1.29 is 19.1 Å². The second-order valence-electron chi connectivity index (χ2n) is 6.85. The molecule has 4 aromatic rings. The van der Waals surface area contributed by atoms with E-state index in [1.807, 2.05) is 30.3 Å². The molecule has 0 saturated heterocycles. The summed E-state index contributed by atoms with van der Waals surface area (Å²) in [6.45, 7) is 2.60. The Bertz CT molecular complexity index is 1240. The average Bonchev–Trinajstić information content (AvgIpc) is 3.10. The van der Waals surface area contributed by atoms with Crippen molar-refractivity contribution in [3.8, 4) is 5.75 Å². The van der Waals surface area contributed by atoms with Crippen molar-refractivity contribution in [2.45, 2.75) is 13.5 Å². The predicted molar refractivity (Wildman–Crippen MR) is 117 cm³/mol. The normalized spacial score (nSPS) is 10.9. The Kier molecular flexibility index (Phi) is 5.39. The fraction of sp³-hybridized carbons (Fsp3) is 0.167. The van der Waals surface area contributed by atoms with Gasteiger partial charge in [-0.15, -0.1) is 0 Å². The number of rotatable bonds is 6. The number of benzene rings is 3. The van der Waals surface area contributed by atoms with Gasteiger partial charge >= 0.3 is 5.97 Å². The highest BCUT2D eigenvalue weighted by Gasteiger charge is 2.13.